The van der Waals surface area contributed by atoms with Crippen molar-refractivity contribution in [2.75, 3.05) is 5.33 Å². The van der Waals surface area contributed by atoms with E-state index in [0.29, 0.717) is 17.7 Å². The maximum absolute atomic E-state index is 9.13. The summed E-state index contributed by atoms with van der Waals surface area (Å²) in [4.78, 5) is 0. The molecule has 0 radical (unpaired) electrons. The molecular formula is C12H18BrNO. The maximum atomic E-state index is 9.13. The van der Waals surface area contributed by atoms with Crippen molar-refractivity contribution in [3.8, 4) is 5.75 Å². The quantitative estimate of drug-likeness (QED) is 0.808. The van der Waals surface area contributed by atoms with Crippen LogP contribution in [0.25, 0.3) is 0 Å². The van der Waals surface area contributed by atoms with Crippen LogP contribution in [0.2, 0.25) is 0 Å². The van der Waals surface area contributed by atoms with Crippen LogP contribution in [0.4, 0.5) is 0 Å². The number of halogens is 1. The van der Waals surface area contributed by atoms with Gasteiger partial charge in [-0.1, -0.05) is 35.0 Å². The number of rotatable bonds is 5. The number of phenols is 1. The summed E-state index contributed by atoms with van der Waals surface area (Å²) in [6.07, 6.45) is 0. The van der Waals surface area contributed by atoms with Gasteiger partial charge in [-0.3, -0.25) is 0 Å². The molecule has 2 unspecified atom stereocenters. The van der Waals surface area contributed by atoms with Crippen molar-refractivity contribution >= 4 is 15.9 Å². The van der Waals surface area contributed by atoms with E-state index in [2.05, 4.69) is 35.1 Å². The van der Waals surface area contributed by atoms with Crippen LogP contribution in [-0.2, 0) is 6.54 Å². The minimum absolute atomic E-state index is 0.320. The van der Waals surface area contributed by atoms with Gasteiger partial charge in [0.05, 0.1) is 0 Å². The molecular weight excluding hydrogens is 254 g/mol. The lowest BCUT2D eigenvalue weighted by molar-refractivity contribution is 0.433. The number of benzene rings is 1. The second kappa shape index (κ2) is 6.13. The Morgan fingerprint density at radius 3 is 2.40 bits per heavy atom. The molecule has 0 aliphatic rings. The molecule has 0 bridgehead atoms. The molecule has 1 rings (SSSR count). The highest BCUT2D eigenvalue weighted by Crippen LogP contribution is 2.11. The summed E-state index contributed by atoms with van der Waals surface area (Å²) in [7, 11) is 0. The fourth-order valence-electron chi connectivity index (χ4n) is 1.23. The fourth-order valence-corrected chi connectivity index (χ4v) is 1.79. The van der Waals surface area contributed by atoms with Crippen LogP contribution >= 0.6 is 15.9 Å². The molecule has 1 aromatic rings. The van der Waals surface area contributed by atoms with Crippen molar-refractivity contribution < 1.29 is 5.11 Å². The number of aromatic hydroxyl groups is 1. The van der Waals surface area contributed by atoms with E-state index in [1.165, 1.54) is 5.56 Å². The van der Waals surface area contributed by atoms with Crippen LogP contribution < -0.4 is 5.32 Å². The molecule has 2 nitrogen and oxygen atoms in total. The van der Waals surface area contributed by atoms with E-state index >= 15 is 0 Å². The van der Waals surface area contributed by atoms with Crippen molar-refractivity contribution in [2.45, 2.75) is 26.4 Å². The van der Waals surface area contributed by atoms with Crippen LogP contribution in [0, 0.1) is 5.92 Å². The molecule has 1 aromatic carbocycles. The van der Waals surface area contributed by atoms with Gasteiger partial charge < -0.3 is 10.4 Å². The third-order valence-electron chi connectivity index (χ3n) is 2.66. The monoisotopic (exact) mass is 271 g/mol. The van der Waals surface area contributed by atoms with Crippen molar-refractivity contribution in [3.05, 3.63) is 29.8 Å². The van der Waals surface area contributed by atoms with E-state index in [1.54, 1.807) is 12.1 Å². The number of nitrogens with one attached hydrogen (secondary N) is 1. The average molecular weight is 272 g/mol. The number of phenolic OH excluding ortho intramolecular Hbond substituents is 1. The number of alkyl halides is 1. The zero-order valence-electron chi connectivity index (χ0n) is 9.20. The topological polar surface area (TPSA) is 32.3 Å². The van der Waals surface area contributed by atoms with Crippen LogP contribution in [-0.4, -0.2) is 16.5 Å². The summed E-state index contributed by atoms with van der Waals surface area (Å²) in [5.74, 6) is 0.933. The second-order valence-electron chi connectivity index (χ2n) is 3.97. The van der Waals surface area contributed by atoms with Gasteiger partial charge in [-0.25, -0.2) is 0 Å². The van der Waals surface area contributed by atoms with Gasteiger partial charge in [-0.2, -0.15) is 0 Å². The van der Waals surface area contributed by atoms with Crippen molar-refractivity contribution in [1.82, 2.24) is 5.32 Å². The smallest absolute Gasteiger partial charge is 0.115 e. The van der Waals surface area contributed by atoms with Crippen molar-refractivity contribution in [3.63, 3.8) is 0 Å². The van der Waals surface area contributed by atoms with Gasteiger partial charge in [-0.15, -0.1) is 0 Å². The standard InChI is InChI=1S/C12H18BrNO/c1-9(7-13)10(2)14-8-11-3-5-12(15)6-4-11/h3-6,9-10,14-15H,7-8H2,1-2H3. The lowest BCUT2D eigenvalue weighted by Crippen LogP contribution is -2.32. The summed E-state index contributed by atoms with van der Waals surface area (Å²) in [5.41, 5.74) is 1.20. The van der Waals surface area contributed by atoms with Gasteiger partial charge in [0.2, 0.25) is 0 Å². The highest BCUT2D eigenvalue weighted by molar-refractivity contribution is 9.09. The first kappa shape index (κ1) is 12.5. The summed E-state index contributed by atoms with van der Waals surface area (Å²) in [5, 5.41) is 13.6. The lowest BCUT2D eigenvalue weighted by Gasteiger charge is -2.19. The molecule has 0 saturated carbocycles. The first-order valence-corrected chi connectivity index (χ1v) is 6.33. The van der Waals surface area contributed by atoms with E-state index in [4.69, 9.17) is 5.11 Å². The molecule has 3 heteroatoms. The molecule has 0 saturated heterocycles. The van der Waals surface area contributed by atoms with Gasteiger partial charge in [-0.05, 0) is 30.5 Å². The average Bonchev–Trinajstić information content (AvgIpc) is 2.26. The molecule has 0 aromatic heterocycles. The molecule has 0 fully saturated rings. The SMILES string of the molecule is CC(CBr)C(C)NCc1ccc(O)cc1. The van der Waals surface area contributed by atoms with E-state index < -0.39 is 0 Å². The highest BCUT2D eigenvalue weighted by Gasteiger charge is 2.09. The lowest BCUT2D eigenvalue weighted by atomic mass is 10.1. The summed E-state index contributed by atoms with van der Waals surface area (Å²) >= 11 is 3.48. The Bertz CT molecular complexity index is 286. The molecule has 2 atom stereocenters. The summed E-state index contributed by atoms with van der Waals surface area (Å²) in [6.45, 7) is 5.24. The fraction of sp³-hybridized carbons (Fsp3) is 0.500. The van der Waals surface area contributed by atoms with Crippen molar-refractivity contribution in [2.24, 2.45) is 5.92 Å². The molecule has 0 heterocycles. The predicted octanol–water partition coefficient (Wildman–Crippen LogP) is 2.90. The number of hydrogen-bond donors (Lipinski definition) is 2. The molecule has 0 aliphatic carbocycles. The third-order valence-corrected chi connectivity index (χ3v) is 3.68. The molecule has 0 amide bonds. The predicted molar refractivity (Wildman–Crippen MR) is 67.4 cm³/mol. The first-order chi connectivity index (χ1) is 7.13. The highest BCUT2D eigenvalue weighted by atomic mass is 79.9. The van der Waals surface area contributed by atoms with Gasteiger partial charge in [0.15, 0.2) is 0 Å². The van der Waals surface area contributed by atoms with E-state index in [9.17, 15) is 0 Å². The van der Waals surface area contributed by atoms with Crippen LogP contribution in [0.15, 0.2) is 24.3 Å². The zero-order valence-corrected chi connectivity index (χ0v) is 10.8. The van der Waals surface area contributed by atoms with Gasteiger partial charge in [0.25, 0.3) is 0 Å². The van der Waals surface area contributed by atoms with Gasteiger partial charge >= 0.3 is 0 Å². The minimum Gasteiger partial charge on any atom is -0.508 e. The molecule has 84 valence electrons. The summed E-state index contributed by atoms with van der Waals surface area (Å²) < 4.78 is 0. The first-order valence-electron chi connectivity index (χ1n) is 5.20. The molecule has 2 N–H and O–H groups in total. The van der Waals surface area contributed by atoms with Crippen molar-refractivity contribution in [1.29, 1.82) is 0 Å². The third kappa shape index (κ3) is 4.22. The molecule has 0 spiro atoms. The van der Waals surface area contributed by atoms with Crippen LogP contribution in [0.3, 0.4) is 0 Å². The minimum atomic E-state index is 0.320. The second-order valence-corrected chi connectivity index (χ2v) is 4.62. The Balaban J connectivity index is 2.40. The summed E-state index contributed by atoms with van der Waals surface area (Å²) in [6, 6.07) is 7.80. The zero-order chi connectivity index (χ0) is 11.3. The largest absolute Gasteiger partial charge is 0.508 e. The van der Waals surface area contributed by atoms with Gasteiger partial charge in [0.1, 0.15) is 5.75 Å². The van der Waals surface area contributed by atoms with E-state index in [1.807, 2.05) is 12.1 Å². The number of hydrogen-bond acceptors (Lipinski definition) is 2. The van der Waals surface area contributed by atoms with Crippen LogP contribution in [0.1, 0.15) is 19.4 Å². The Morgan fingerprint density at radius 2 is 1.87 bits per heavy atom. The Hall–Kier alpha value is -0.540. The van der Waals surface area contributed by atoms with Gasteiger partial charge in [0, 0.05) is 17.9 Å². The molecule has 15 heavy (non-hydrogen) atoms. The maximum Gasteiger partial charge on any atom is 0.115 e. The van der Waals surface area contributed by atoms with E-state index in [0.717, 1.165) is 11.9 Å². The van der Waals surface area contributed by atoms with Crippen LogP contribution in [0.5, 0.6) is 5.75 Å². The molecule has 0 aliphatic heterocycles. The van der Waals surface area contributed by atoms with E-state index in [-0.39, 0.29) is 0 Å². The Labute approximate surface area is 99.8 Å². The normalized spacial score (nSPS) is 14.9. The Kier molecular flexibility index (Phi) is 5.12. The Morgan fingerprint density at radius 1 is 1.27 bits per heavy atom.